The van der Waals surface area contributed by atoms with Gasteiger partial charge in [0, 0.05) is 61.7 Å². The van der Waals surface area contributed by atoms with Gasteiger partial charge in [-0.05, 0) is 179 Å². The topological polar surface area (TPSA) is 80.3 Å². The summed E-state index contributed by atoms with van der Waals surface area (Å²) < 4.78 is 13.2. The van der Waals surface area contributed by atoms with Crippen LogP contribution in [0, 0.1) is 22.7 Å². The first-order valence-corrected chi connectivity index (χ1v) is 22.0. The summed E-state index contributed by atoms with van der Waals surface area (Å²) in [4.78, 5) is 4.55. The lowest BCUT2D eigenvalue weighted by Crippen LogP contribution is -2.19. The van der Waals surface area contributed by atoms with Gasteiger partial charge in [0.25, 0.3) is 0 Å². The molecule has 0 saturated carbocycles. The van der Waals surface area contributed by atoms with E-state index in [2.05, 4.69) is 153 Å². The molecule has 10 aromatic rings. The second kappa shape index (κ2) is 15.4. The Hall–Kier alpha value is -8.06. The Balaban J connectivity index is 0.967. The van der Waals surface area contributed by atoms with Gasteiger partial charge in [-0.1, -0.05) is 58.0 Å². The molecule has 0 N–H and O–H groups in total. The van der Waals surface area contributed by atoms with Gasteiger partial charge in [0.05, 0.1) is 23.3 Å². The predicted octanol–water partition coefficient (Wildman–Crippen LogP) is 16.2. The van der Waals surface area contributed by atoms with E-state index in [-0.39, 0.29) is 0 Å². The summed E-state index contributed by atoms with van der Waals surface area (Å²) in [5.74, 6) is 0.876. The summed E-state index contributed by atoms with van der Waals surface area (Å²) in [7, 11) is 0. The Morgan fingerprint density at radius 3 is 1.45 bits per heavy atom. The van der Waals surface area contributed by atoms with Crippen LogP contribution in [0.4, 0.5) is 28.4 Å². The number of nitrogens with zero attached hydrogens (tertiary/aromatic N) is 4. The van der Waals surface area contributed by atoms with Crippen LogP contribution >= 0.6 is 0 Å². The van der Waals surface area contributed by atoms with Crippen LogP contribution in [0.15, 0.2) is 166 Å². The lowest BCUT2D eigenvalue weighted by Gasteiger charge is -2.31. The van der Waals surface area contributed by atoms with Crippen LogP contribution in [0.2, 0.25) is 0 Å². The Morgan fingerprint density at radius 2 is 0.906 bits per heavy atom. The number of rotatable bonds is 8. The molecular weight excluding hydrogens is 785 g/mol. The molecule has 0 saturated heterocycles. The first-order chi connectivity index (χ1) is 31.2. The molecule has 8 aromatic carbocycles. The first-order valence-electron chi connectivity index (χ1n) is 22.0. The monoisotopic (exact) mass is 828 g/mol. The van der Waals surface area contributed by atoms with Gasteiger partial charge >= 0.3 is 0 Å². The molecule has 308 valence electrons. The number of hydrogen-bond donors (Lipinski definition) is 0. The van der Waals surface area contributed by atoms with Crippen LogP contribution in [0.3, 0.4) is 0 Å². The summed E-state index contributed by atoms with van der Waals surface area (Å²) in [5, 5.41) is 25.5. The van der Waals surface area contributed by atoms with E-state index in [4.69, 9.17) is 8.83 Å². The smallest absolute Gasteiger partial charge is 0.139 e. The number of allylic oxidation sites excluding steroid dienone is 1. The van der Waals surface area contributed by atoms with Crippen LogP contribution in [-0.4, -0.2) is 0 Å². The van der Waals surface area contributed by atoms with Crippen molar-refractivity contribution in [3.05, 3.63) is 191 Å². The van der Waals surface area contributed by atoms with Crippen molar-refractivity contribution in [1.82, 2.24) is 0 Å². The van der Waals surface area contributed by atoms with E-state index in [1.54, 1.807) is 0 Å². The minimum Gasteiger partial charge on any atom is -0.456 e. The average Bonchev–Trinajstić information content (AvgIpc) is 3.85. The van der Waals surface area contributed by atoms with Crippen molar-refractivity contribution in [3.8, 4) is 12.1 Å². The van der Waals surface area contributed by atoms with Gasteiger partial charge in [-0.15, -0.1) is 0 Å². The van der Waals surface area contributed by atoms with Crippen LogP contribution in [0.1, 0.15) is 79.3 Å². The van der Waals surface area contributed by atoms with E-state index in [1.165, 1.54) is 22.4 Å². The third-order valence-electron chi connectivity index (χ3n) is 12.9. The van der Waals surface area contributed by atoms with Crippen LogP contribution in [-0.2, 0) is 6.42 Å². The minimum absolute atomic E-state index is 0.432. The summed E-state index contributed by atoms with van der Waals surface area (Å²) in [6, 6.07) is 57.4. The molecule has 2 heterocycles. The number of fused-ring (bicyclic) bond motifs is 8. The lowest BCUT2D eigenvalue weighted by molar-refractivity contribution is 0.656. The average molecular weight is 829 g/mol. The molecule has 11 rings (SSSR count). The zero-order chi connectivity index (χ0) is 43.6. The fraction of sp³-hybridized carbons (Fsp3) is 0.138. The minimum atomic E-state index is 0.432. The molecule has 1 aliphatic rings. The molecule has 0 radical (unpaired) electrons. The molecule has 0 fully saturated rings. The maximum Gasteiger partial charge on any atom is 0.139 e. The molecule has 0 spiro atoms. The lowest BCUT2D eigenvalue weighted by atomic mass is 9.92. The SMILES string of the molecule is CC(C)c1ccc(N(C2=Cc3cc4oc5cc6oc7cc8cc(N(c9ccc(C#N)cc9)c9ccc(C(C)C)cc9)ccc8cc7c6cc5c4cc3CC2)c2ccc(C#N)cc2)cc1. The van der Waals surface area contributed by atoms with Gasteiger partial charge in [0.2, 0.25) is 0 Å². The molecule has 0 unspecified atom stereocenters. The number of anilines is 5. The van der Waals surface area contributed by atoms with Gasteiger partial charge in [0.15, 0.2) is 0 Å². The van der Waals surface area contributed by atoms with Crippen molar-refractivity contribution in [2.75, 3.05) is 9.80 Å². The Labute approximate surface area is 372 Å². The maximum atomic E-state index is 9.51. The van der Waals surface area contributed by atoms with E-state index >= 15 is 0 Å². The molecule has 0 bridgehead atoms. The van der Waals surface area contributed by atoms with E-state index < -0.39 is 0 Å². The molecule has 1 aliphatic carbocycles. The predicted molar refractivity (Wildman–Crippen MR) is 262 cm³/mol. The highest BCUT2D eigenvalue weighted by Gasteiger charge is 2.23. The number of furan rings is 2. The van der Waals surface area contributed by atoms with Crippen LogP contribution < -0.4 is 9.80 Å². The molecule has 0 aliphatic heterocycles. The highest BCUT2D eigenvalue weighted by Crippen LogP contribution is 2.43. The molecule has 0 amide bonds. The van der Waals surface area contributed by atoms with Crippen LogP contribution in [0.25, 0.3) is 60.7 Å². The second-order valence-corrected chi connectivity index (χ2v) is 17.6. The van der Waals surface area contributed by atoms with Crippen molar-refractivity contribution >= 4 is 89.2 Å². The number of nitriles is 2. The molecule has 6 heteroatoms. The standard InChI is InChI=1S/C58H44N4O2/c1-35(2)39-9-19-47(20-10-39)61(45-15-5-37(33-59)6-16-45)49-23-13-41-27-51-53-31-54-52-28-42-14-24-50(26-44(42)30-56(52)64-58(54)32-57(53)63-55(51)29-43(41)25-49)62(46-17-7-38(34-60)8-18-46)48-21-11-40(12-22-48)36(3)4/h5-13,15-23,25-32,35-36H,14,24H2,1-4H3. The third kappa shape index (κ3) is 6.72. The van der Waals surface area contributed by atoms with Gasteiger partial charge in [-0.25, -0.2) is 0 Å². The first kappa shape index (κ1) is 38.8. The largest absolute Gasteiger partial charge is 0.456 e. The zero-order valence-corrected chi connectivity index (χ0v) is 36.2. The molecule has 2 aromatic heterocycles. The molecule has 6 nitrogen and oxygen atoms in total. The summed E-state index contributed by atoms with van der Waals surface area (Å²) >= 11 is 0. The number of aryl methyl sites for hydroxylation is 1. The summed E-state index contributed by atoms with van der Waals surface area (Å²) in [5.41, 5.74) is 15.9. The number of benzene rings is 8. The second-order valence-electron chi connectivity index (χ2n) is 17.6. The van der Waals surface area contributed by atoms with E-state index in [0.29, 0.717) is 23.0 Å². The normalized spacial score (nSPS) is 12.6. The van der Waals surface area contributed by atoms with Gasteiger partial charge < -0.3 is 18.6 Å². The fourth-order valence-electron chi connectivity index (χ4n) is 9.38. The summed E-state index contributed by atoms with van der Waals surface area (Å²) in [6.07, 6.45) is 4.04. The third-order valence-corrected chi connectivity index (χ3v) is 12.9. The van der Waals surface area contributed by atoms with E-state index in [9.17, 15) is 10.5 Å². The van der Waals surface area contributed by atoms with Crippen molar-refractivity contribution in [2.45, 2.75) is 52.4 Å². The Bertz CT molecular complexity index is 3560. The Morgan fingerprint density at radius 1 is 0.438 bits per heavy atom. The zero-order valence-electron chi connectivity index (χ0n) is 36.2. The highest BCUT2D eigenvalue weighted by molar-refractivity contribution is 6.17. The van der Waals surface area contributed by atoms with Gasteiger partial charge in [-0.3, -0.25) is 0 Å². The van der Waals surface area contributed by atoms with Crippen molar-refractivity contribution < 1.29 is 8.83 Å². The molecule has 0 atom stereocenters. The van der Waals surface area contributed by atoms with E-state index in [0.717, 1.165) is 101 Å². The van der Waals surface area contributed by atoms with E-state index in [1.807, 2.05) is 54.6 Å². The van der Waals surface area contributed by atoms with Gasteiger partial charge in [-0.2, -0.15) is 10.5 Å². The van der Waals surface area contributed by atoms with Crippen molar-refractivity contribution in [2.24, 2.45) is 0 Å². The van der Waals surface area contributed by atoms with Crippen molar-refractivity contribution in [1.29, 1.82) is 10.5 Å². The molecule has 64 heavy (non-hydrogen) atoms. The highest BCUT2D eigenvalue weighted by atomic mass is 16.3. The molecular formula is C58H44N4O2. The fourth-order valence-corrected chi connectivity index (χ4v) is 9.38. The quantitative estimate of drug-likeness (QED) is 0.152. The summed E-state index contributed by atoms with van der Waals surface area (Å²) in [6.45, 7) is 8.84. The van der Waals surface area contributed by atoms with Gasteiger partial charge in [0.1, 0.15) is 22.3 Å². The van der Waals surface area contributed by atoms with Crippen molar-refractivity contribution in [3.63, 3.8) is 0 Å². The number of hydrogen-bond acceptors (Lipinski definition) is 6. The van der Waals surface area contributed by atoms with Crippen LogP contribution in [0.5, 0.6) is 0 Å². The Kier molecular flexibility index (Phi) is 9.33. The maximum absolute atomic E-state index is 9.51.